The van der Waals surface area contributed by atoms with Crippen LogP contribution in [0.15, 0.2) is 70.7 Å². The van der Waals surface area contributed by atoms with Crippen LogP contribution in [0.2, 0.25) is 0 Å². The molecule has 1 fully saturated rings. The number of aryl methyl sites for hydroxylation is 3. The van der Waals surface area contributed by atoms with Gasteiger partial charge < -0.3 is 19.4 Å². The fourth-order valence-electron chi connectivity index (χ4n) is 5.18. The summed E-state index contributed by atoms with van der Waals surface area (Å²) >= 11 is 2.66. The Labute approximate surface area is 261 Å². The first kappa shape index (κ1) is 29.4. The fraction of sp³-hybridized carbons (Fsp3) is 0.219. The number of imidazole rings is 1. The third-order valence-corrected chi connectivity index (χ3v) is 9.56. The average Bonchev–Trinajstić information content (AvgIpc) is 3.69. The van der Waals surface area contributed by atoms with Crippen molar-refractivity contribution in [1.29, 1.82) is 0 Å². The second-order valence-corrected chi connectivity index (χ2v) is 12.6. The number of pyridine rings is 1. The molecule has 1 atom stereocenters. The van der Waals surface area contributed by atoms with E-state index in [-0.39, 0.29) is 34.5 Å². The summed E-state index contributed by atoms with van der Waals surface area (Å²) in [5, 5.41) is 30.9. The molecule has 2 N–H and O–H groups in total. The number of phenolic OH excluding ortho intramolecular Hbond substituents is 1. The first-order chi connectivity index (χ1) is 21.2. The average molecular weight is 628 g/mol. The van der Waals surface area contributed by atoms with E-state index < -0.39 is 23.5 Å². The Hall–Kier alpha value is -4.68. The molecule has 1 aliphatic heterocycles. The van der Waals surface area contributed by atoms with E-state index in [0.717, 1.165) is 11.1 Å². The Morgan fingerprint density at radius 1 is 1.07 bits per heavy atom. The Morgan fingerprint density at radius 3 is 2.57 bits per heavy atom. The SMILES string of the molecule is CCOc1cc(C2C(=C(O)c3nc4c(C)cccn4c3C)C(=O)C(=O)N2c2nnc(SCc3ccc(C)cc3)s2)ccc1O. The number of hydrogen-bond acceptors (Lipinski definition) is 10. The molecule has 0 aliphatic carbocycles. The van der Waals surface area contributed by atoms with Gasteiger partial charge in [-0.25, -0.2) is 4.98 Å². The molecule has 44 heavy (non-hydrogen) atoms. The number of hydrogen-bond donors (Lipinski definition) is 2. The van der Waals surface area contributed by atoms with Crippen molar-refractivity contribution in [1.82, 2.24) is 19.6 Å². The zero-order chi connectivity index (χ0) is 31.1. The number of nitrogens with zero attached hydrogens (tertiary/aromatic N) is 5. The summed E-state index contributed by atoms with van der Waals surface area (Å²) in [5.74, 6) is -1.39. The van der Waals surface area contributed by atoms with Crippen molar-refractivity contribution in [3.63, 3.8) is 0 Å². The number of fused-ring (bicyclic) bond motifs is 1. The van der Waals surface area contributed by atoms with Crippen molar-refractivity contribution in [3.05, 3.63) is 100 Å². The Balaban J connectivity index is 1.46. The minimum absolute atomic E-state index is 0.0927. The predicted molar refractivity (Wildman–Crippen MR) is 169 cm³/mol. The highest BCUT2D eigenvalue weighted by Gasteiger charge is 2.49. The fourth-order valence-corrected chi connectivity index (χ4v) is 7.00. The van der Waals surface area contributed by atoms with Crippen molar-refractivity contribution in [3.8, 4) is 11.5 Å². The number of aromatic nitrogens is 4. The molecule has 5 aromatic rings. The van der Waals surface area contributed by atoms with E-state index in [4.69, 9.17) is 4.74 Å². The Bertz CT molecular complexity index is 1950. The van der Waals surface area contributed by atoms with Crippen LogP contribution in [-0.2, 0) is 15.3 Å². The van der Waals surface area contributed by atoms with Crippen LogP contribution in [-0.4, -0.2) is 48.1 Å². The molecular formula is C32H29N5O5S2. The first-order valence-corrected chi connectivity index (χ1v) is 15.7. The van der Waals surface area contributed by atoms with Gasteiger partial charge in [0.25, 0.3) is 5.78 Å². The van der Waals surface area contributed by atoms with E-state index in [1.807, 2.05) is 60.8 Å². The number of carbonyl (C=O) groups excluding carboxylic acids is 2. The molecule has 224 valence electrons. The van der Waals surface area contributed by atoms with Crippen LogP contribution in [0.4, 0.5) is 5.13 Å². The lowest BCUT2D eigenvalue weighted by molar-refractivity contribution is -0.132. The van der Waals surface area contributed by atoms with Crippen molar-refractivity contribution in [2.45, 2.75) is 43.8 Å². The van der Waals surface area contributed by atoms with E-state index >= 15 is 0 Å². The van der Waals surface area contributed by atoms with Crippen molar-refractivity contribution in [2.24, 2.45) is 0 Å². The van der Waals surface area contributed by atoms with Crippen LogP contribution < -0.4 is 9.64 Å². The number of ether oxygens (including phenoxy) is 1. The molecule has 6 rings (SSSR count). The van der Waals surface area contributed by atoms with Crippen LogP contribution in [0, 0.1) is 20.8 Å². The number of benzene rings is 2. The number of aliphatic hydroxyl groups excluding tert-OH is 1. The monoisotopic (exact) mass is 627 g/mol. The lowest BCUT2D eigenvalue weighted by Gasteiger charge is -2.23. The molecule has 1 unspecified atom stereocenters. The lowest BCUT2D eigenvalue weighted by Crippen LogP contribution is -2.29. The van der Waals surface area contributed by atoms with Crippen LogP contribution in [0.1, 0.15) is 46.6 Å². The van der Waals surface area contributed by atoms with E-state index in [0.29, 0.717) is 27.0 Å². The molecule has 10 nitrogen and oxygen atoms in total. The molecule has 3 aromatic heterocycles. The van der Waals surface area contributed by atoms with E-state index in [9.17, 15) is 19.8 Å². The van der Waals surface area contributed by atoms with Gasteiger partial charge in [-0.1, -0.05) is 65.1 Å². The summed E-state index contributed by atoms with van der Waals surface area (Å²) in [7, 11) is 0. The predicted octanol–water partition coefficient (Wildman–Crippen LogP) is 6.13. The molecular weight excluding hydrogens is 599 g/mol. The molecule has 1 amide bonds. The van der Waals surface area contributed by atoms with Gasteiger partial charge in [-0.3, -0.25) is 14.5 Å². The van der Waals surface area contributed by atoms with Crippen molar-refractivity contribution >= 4 is 51.3 Å². The molecule has 1 aliphatic rings. The highest BCUT2D eigenvalue weighted by molar-refractivity contribution is 8.00. The number of carbonyl (C=O) groups is 2. The topological polar surface area (TPSA) is 130 Å². The third kappa shape index (κ3) is 5.20. The molecule has 4 heterocycles. The van der Waals surface area contributed by atoms with Gasteiger partial charge in [-0.15, -0.1) is 10.2 Å². The molecule has 0 saturated carbocycles. The van der Waals surface area contributed by atoms with Crippen LogP contribution >= 0.6 is 23.1 Å². The smallest absolute Gasteiger partial charge is 0.301 e. The number of Topliss-reactive ketones (excluding diaryl/α,β-unsaturated/α-hetero) is 1. The standard InChI is InChI=1S/C32H29N5O5S2/c1-5-42-23-15-21(12-13-22(23)38)26-24(27(39)25-19(4)36-14-6-7-18(3)29(36)33-25)28(40)30(41)37(26)31-34-35-32(44-31)43-16-20-10-8-17(2)9-11-20/h6-15,26,38-39H,5,16H2,1-4H3. The number of thioether (sulfide) groups is 1. The van der Waals surface area contributed by atoms with Gasteiger partial charge in [0.15, 0.2) is 21.6 Å². The highest BCUT2D eigenvalue weighted by atomic mass is 32.2. The second-order valence-electron chi connectivity index (χ2n) is 10.4. The van der Waals surface area contributed by atoms with Gasteiger partial charge in [-0.2, -0.15) is 0 Å². The number of anilines is 1. The van der Waals surface area contributed by atoms with Gasteiger partial charge in [0.1, 0.15) is 11.3 Å². The maximum absolute atomic E-state index is 13.7. The summed E-state index contributed by atoms with van der Waals surface area (Å²) in [5.41, 5.74) is 4.89. The van der Waals surface area contributed by atoms with Crippen LogP contribution in [0.5, 0.6) is 11.5 Å². The number of amides is 1. The van der Waals surface area contributed by atoms with Crippen molar-refractivity contribution < 1.29 is 24.5 Å². The van der Waals surface area contributed by atoms with Gasteiger partial charge >= 0.3 is 5.91 Å². The quantitative estimate of drug-likeness (QED) is 0.0686. The van der Waals surface area contributed by atoms with Gasteiger partial charge in [0.05, 0.1) is 23.9 Å². The summed E-state index contributed by atoms with van der Waals surface area (Å²) in [6, 6.07) is 15.5. The lowest BCUT2D eigenvalue weighted by atomic mass is 9.96. The van der Waals surface area contributed by atoms with Crippen LogP contribution in [0.3, 0.4) is 0 Å². The Kier molecular flexibility index (Phi) is 7.87. The second kappa shape index (κ2) is 11.8. The summed E-state index contributed by atoms with van der Waals surface area (Å²) < 4.78 is 8.05. The van der Waals surface area contributed by atoms with Gasteiger partial charge in [-0.05, 0) is 62.6 Å². The van der Waals surface area contributed by atoms with E-state index in [1.54, 1.807) is 26.0 Å². The highest BCUT2D eigenvalue weighted by Crippen LogP contribution is 2.45. The summed E-state index contributed by atoms with van der Waals surface area (Å²) in [4.78, 5) is 33.3. The zero-order valence-corrected chi connectivity index (χ0v) is 26.1. The van der Waals surface area contributed by atoms with Crippen LogP contribution in [0.25, 0.3) is 11.4 Å². The molecule has 1 saturated heterocycles. The minimum atomic E-state index is -1.08. The number of aromatic hydroxyl groups is 1. The maximum atomic E-state index is 13.7. The van der Waals surface area contributed by atoms with Gasteiger partial charge in [0.2, 0.25) is 5.13 Å². The number of rotatable bonds is 8. The molecule has 0 bridgehead atoms. The van der Waals surface area contributed by atoms with Crippen molar-refractivity contribution in [2.75, 3.05) is 11.5 Å². The number of phenols is 1. The maximum Gasteiger partial charge on any atom is 0.301 e. The summed E-state index contributed by atoms with van der Waals surface area (Å²) in [6.45, 7) is 7.79. The molecule has 0 radical (unpaired) electrons. The largest absolute Gasteiger partial charge is 0.505 e. The molecule has 12 heteroatoms. The van der Waals surface area contributed by atoms with E-state index in [1.165, 1.54) is 39.6 Å². The molecule has 0 spiro atoms. The van der Waals surface area contributed by atoms with E-state index in [2.05, 4.69) is 15.2 Å². The minimum Gasteiger partial charge on any atom is -0.505 e. The zero-order valence-electron chi connectivity index (χ0n) is 24.4. The molecule has 2 aromatic carbocycles. The number of aliphatic hydroxyl groups is 1. The Morgan fingerprint density at radius 2 is 1.84 bits per heavy atom. The van der Waals surface area contributed by atoms with Gasteiger partial charge in [0, 0.05) is 11.9 Å². The normalized spacial score (nSPS) is 16.3. The summed E-state index contributed by atoms with van der Waals surface area (Å²) in [6.07, 6.45) is 1.82. The third-order valence-electron chi connectivity index (χ3n) is 7.44. The number of ketones is 1. The first-order valence-electron chi connectivity index (χ1n) is 13.9.